The van der Waals surface area contributed by atoms with Gasteiger partial charge in [-0.1, -0.05) is 24.3 Å². The van der Waals surface area contributed by atoms with E-state index in [1.807, 2.05) is 31.2 Å². The number of Topliss-reactive ketones (excluding diaryl/α,β-unsaturated/α-hetero) is 1. The van der Waals surface area contributed by atoms with Gasteiger partial charge < -0.3 is 29.0 Å². The second-order valence-electron chi connectivity index (χ2n) is 8.35. The van der Waals surface area contributed by atoms with Crippen LogP contribution in [0.4, 0.5) is 0 Å². The summed E-state index contributed by atoms with van der Waals surface area (Å²) in [4.78, 5) is 28.2. The van der Waals surface area contributed by atoms with Crippen LogP contribution in [0.2, 0.25) is 0 Å². The molecule has 1 aliphatic heterocycles. The van der Waals surface area contributed by atoms with Gasteiger partial charge in [-0.05, 0) is 60.5 Å². The maximum absolute atomic E-state index is 13.4. The standard InChI is InChI=1S/C29H29NO7/c1-5-37-22-8-6-7-18(15-22)17-30-26(19-9-11-20(34-2)12-10-19)25(28(32)29(30)33)27(31)23-16-21(35-3)13-14-24(23)36-4/h6-16,26,31H,5,17H2,1-4H3/b27-25+. The summed E-state index contributed by atoms with van der Waals surface area (Å²) < 4.78 is 21.6. The van der Waals surface area contributed by atoms with Crippen LogP contribution >= 0.6 is 0 Å². The molecule has 1 N–H and O–H groups in total. The highest BCUT2D eigenvalue weighted by molar-refractivity contribution is 6.46. The summed E-state index contributed by atoms with van der Waals surface area (Å²) in [5, 5.41) is 11.5. The van der Waals surface area contributed by atoms with Crippen molar-refractivity contribution in [1.29, 1.82) is 0 Å². The monoisotopic (exact) mass is 503 g/mol. The lowest BCUT2D eigenvalue weighted by Crippen LogP contribution is -2.29. The molecule has 8 heteroatoms. The summed E-state index contributed by atoms with van der Waals surface area (Å²) in [6.07, 6.45) is 0. The molecule has 0 bridgehead atoms. The summed E-state index contributed by atoms with van der Waals surface area (Å²) in [6.45, 7) is 2.53. The minimum Gasteiger partial charge on any atom is -0.507 e. The van der Waals surface area contributed by atoms with Crippen LogP contribution in [-0.4, -0.2) is 49.6 Å². The maximum Gasteiger partial charge on any atom is 0.295 e. The largest absolute Gasteiger partial charge is 0.507 e. The third-order valence-corrected chi connectivity index (χ3v) is 6.20. The minimum absolute atomic E-state index is 0.0392. The molecular weight excluding hydrogens is 474 g/mol. The average Bonchev–Trinajstić information content (AvgIpc) is 3.17. The summed E-state index contributed by atoms with van der Waals surface area (Å²) >= 11 is 0. The lowest BCUT2D eigenvalue weighted by molar-refractivity contribution is -0.140. The van der Waals surface area contributed by atoms with E-state index in [2.05, 4.69) is 0 Å². The van der Waals surface area contributed by atoms with Crippen LogP contribution in [0.5, 0.6) is 23.0 Å². The quantitative estimate of drug-likeness (QED) is 0.256. The second-order valence-corrected chi connectivity index (χ2v) is 8.35. The number of aliphatic hydroxyl groups excluding tert-OH is 1. The van der Waals surface area contributed by atoms with E-state index in [1.165, 1.54) is 19.1 Å². The Bertz CT molecular complexity index is 1330. The Morgan fingerprint density at radius 2 is 1.57 bits per heavy atom. The van der Waals surface area contributed by atoms with Crippen LogP contribution in [-0.2, 0) is 16.1 Å². The van der Waals surface area contributed by atoms with Crippen LogP contribution in [0.15, 0.2) is 72.3 Å². The van der Waals surface area contributed by atoms with Crippen molar-refractivity contribution in [2.24, 2.45) is 0 Å². The third-order valence-electron chi connectivity index (χ3n) is 6.20. The Labute approximate surface area is 215 Å². The molecule has 8 nitrogen and oxygen atoms in total. The minimum atomic E-state index is -0.849. The SMILES string of the molecule is CCOc1cccc(CN2C(=O)C(=O)/C(=C(/O)c3cc(OC)ccc3OC)C2c2ccc(OC)cc2)c1. The number of ether oxygens (including phenoxy) is 4. The molecule has 1 amide bonds. The Balaban J connectivity index is 1.87. The number of hydrogen-bond acceptors (Lipinski definition) is 7. The van der Waals surface area contributed by atoms with Gasteiger partial charge in [0.15, 0.2) is 0 Å². The Kier molecular flexibility index (Phi) is 7.67. The zero-order chi connectivity index (χ0) is 26.5. The van der Waals surface area contributed by atoms with Crippen LogP contribution in [0.3, 0.4) is 0 Å². The molecule has 1 fully saturated rings. The van der Waals surface area contributed by atoms with E-state index in [4.69, 9.17) is 18.9 Å². The smallest absolute Gasteiger partial charge is 0.295 e. The maximum atomic E-state index is 13.4. The molecule has 0 aromatic heterocycles. The van der Waals surface area contributed by atoms with E-state index in [0.29, 0.717) is 35.2 Å². The molecule has 0 radical (unpaired) electrons. The molecule has 1 aliphatic rings. The predicted octanol–water partition coefficient (Wildman–Crippen LogP) is 4.73. The van der Waals surface area contributed by atoms with Crippen LogP contribution in [0.1, 0.15) is 29.7 Å². The van der Waals surface area contributed by atoms with Gasteiger partial charge in [0.25, 0.3) is 11.7 Å². The van der Waals surface area contributed by atoms with E-state index in [0.717, 1.165) is 5.56 Å². The summed E-state index contributed by atoms with van der Waals surface area (Å²) in [5.41, 5.74) is 1.63. The second kappa shape index (κ2) is 11.1. The van der Waals surface area contributed by atoms with E-state index >= 15 is 0 Å². The number of benzene rings is 3. The van der Waals surface area contributed by atoms with Gasteiger partial charge in [-0.25, -0.2) is 0 Å². The molecule has 0 saturated carbocycles. The first-order valence-electron chi connectivity index (χ1n) is 11.8. The molecule has 0 spiro atoms. The fourth-order valence-corrected chi connectivity index (χ4v) is 4.42. The summed E-state index contributed by atoms with van der Waals surface area (Å²) in [5.74, 6) is 0.238. The lowest BCUT2D eigenvalue weighted by Gasteiger charge is -2.26. The number of carbonyl (C=O) groups excluding carboxylic acids is 2. The van der Waals surface area contributed by atoms with Crippen molar-refractivity contribution in [3.8, 4) is 23.0 Å². The van der Waals surface area contributed by atoms with Crippen molar-refractivity contribution in [3.63, 3.8) is 0 Å². The molecule has 1 saturated heterocycles. The van der Waals surface area contributed by atoms with Crippen LogP contribution in [0, 0.1) is 0 Å². The van der Waals surface area contributed by atoms with Gasteiger partial charge in [0.2, 0.25) is 0 Å². The van der Waals surface area contributed by atoms with Crippen molar-refractivity contribution in [2.45, 2.75) is 19.5 Å². The Morgan fingerprint density at radius 3 is 2.22 bits per heavy atom. The molecule has 1 atom stereocenters. The molecule has 3 aromatic rings. The van der Waals surface area contributed by atoms with Crippen molar-refractivity contribution in [1.82, 2.24) is 4.90 Å². The van der Waals surface area contributed by atoms with Gasteiger partial charge in [0, 0.05) is 6.54 Å². The number of likely N-dealkylation sites (tertiary alicyclic amines) is 1. The summed E-state index contributed by atoms with van der Waals surface area (Å²) in [7, 11) is 4.52. The number of ketones is 1. The number of methoxy groups -OCH3 is 3. The molecule has 1 unspecified atom stereocenters. The fourth-order valence-electron chi connectivity index (χ4n) is 4.42. The van der Waals surface area contributed by atoms with E-state index in [9.17, 15) is 14.7 Å². The first-order valence-corrected chi connectivity index (χ1v) is 11.8. The molecule has 3 aromatic carbocycles. The van der Waals surface area contributed by atoms with Crippen LogP contribution < -0.4 is 18.9 Å². The number of hydrogen-bond donors (Lipinski definition) is 1. The number of amides is 1. The fraction of sp³-hybridized carbons (Fsp3) is 0.241. The zero-order valence-corrected chi connectivity index (χ0v) is 21.2. The third kappa shape index (κ3) is 5.09. The Morgan fingerprint density at radius 1 is 0.865 bits per heavy atom. The van der Waals surface area contributed by atoms with Gasteiger partial charge in [0.05, 0.1) is 45.1 Å². The van der Waals surface area contributed by atoms with Crippen molar-refractivity contribution < 1.29 is 33.6 Å². The molecular formula is C29H29NO7. The number of rotatable bonds is 9. The highest BCUT2D eigenvalue weighted by Gasteiger charge is 2.46. The average molecular weight is 504 g/mol. The van der Waals surface area contributed by atoms with Gasteiger partial charge in [-0.15, -0.1) is 0 Å². The highest BCUT2D eigenvalue weighted by atomic mass is 16.5. The first kappa shape index (κ1) is 25.6. The van der Waals surface area contributed by atoms with Gasteiger partial charge in [0.1, 0.15) is 28.8 Å². The van der Waals surface area contributed by atoms with Crippen LogP contribution in [0.25, 0.3) is 5.76 Å². The van der Waals surface area contributed by atoms with Gasteiger partial charge in [-0.3, -0.25) is 9.59 Å². The normalized spacial score (nSPS) is 16.5. The number of carbonyl (C=O) groups is 2. The van der Waals surface area contributed by atoms with Crippen molar-refractivity contribution in [3.05, 3.63) is 89.0 Å². The predicted molar refractivity (Wildman–Crippen MR) is 138 cm³/mol. The van der Waals surface area contributed by atoms with Crippen molar-refractivity contribution >= 4 is 17.4 Å². The number of aliphatic hydroxyl groups is 1. The first-order chi connectivity index (χ1) is 17.9. The molecule has 37 heavy (non-hydrogen) atoms. The molecule has 192 valence electrons. The lowest BCUT2D eigenvalue weighted by atomic mass is 9.94. The van der Waals surface area contributed by atoms with Gasteiger partial charge in [-0.2, -0.15) is 0 Å². The topological polar surface area (TPSA) is 94.5 Å². The highest BCUT2D eigenvalue weighted by Crippen LogP contribution is 2.42. The van der Waals surface area contributed by atoms with Gasteiger partial charge >= 0.3 is 0 Å². The van der Waals surface area contributed by atoms with E-state index < -0.39 is 17.7 Å². The molecule has 0 aliphatic carbocycles. The van der Waals surface area contributed by atoms with E-state index in [-0.39, 0.29) is 23.4 Å². The molecule has 1 heterocycles. The Hall–Kier alpha value is -4.46. The van der Waals surface area contributed by atoms with Crippen molar-refractivity contribution in [2.75, 3.05) is 27.9 Å². The number of nitrogens with zero attached hydrogens (tertiary/aromatic N) is 1. The molecule has 4 rings (SSSR count). The zero-order valence-electron chi connectivity index (χ0n) is 21.2. The van der Waals surface area contributed by atoms with E-state index in [1.54, 1.807) is 49.6 Å². The summed E-state index contributed by atoms with van der Waals surface area (Å²) in [6, 6.07) is 18.4.